The zero-order chi connectivity index (χ0) is 14.2. The van der Waals surface area contributed by atoms with Gasteiger partial charge in [0.25, 0.3) is 0 Å². The van der Waals surface area contributed by atoms with E-state index in [4.69, 9.17) is 4.74 Å². The molecule has 0 amide bonds. The van der Waals surface area contributed by atoms with E-state index in [0.29, 0.717) is 6.61 Å². The molecule has 0 heterocycles. The number of benzene rings is 2. The van der Waals surface area contributed by atoms with Crippen molar-refractivity contribution in [1.82, 2.24) is 5.32 Å². The first kappa shape index (κ1) is 14.6. The summed E-state index contributed by atoms with van der Waals surface area (Å²) in [6.07, 6.45) is 2.31. The molecule has 2 aromatic carbocycles. The molecule has 0 saturated heterocycles. The zero-order valence-electron chi connectivity index (χ0n) is 12.4. The first-order valence-corrected chi connectivity index (χ1v) is 7.26. The standard InChI is InChI=1S/C18H23NO/c1-3-4-15-9-11-18(12-10-15)20-14-17-7-5-16(6-8-17)13-19-2/h5-12,19H,3-4,13-14H2,1-2H3. The van der Waals surface area contributed by atoms with E-state index in [1.54, 1.807) is 0 Å². The highest BCUT2D eigenvalue weighted by Gasteiger charge is 1.98. The van der Waals surface area contributed by atoms with Crippen LogP contribution in [-0.4, -0.2) is 7.05 Å². The second-order valence-corrected chi connectivity index (χ2v) is 5.03. The first-order chi connectivity index (χ1) is 9.81. The Morgan fingerprint density at radius 3 is 2.05 bits per heavy atom. The minimum absolute atomic E-state index is 0.618. The van der Waals surface area contributed by atoms with E-state index in [-0.39, 0.29) is 0 Å². The maximum Gasteiger partial charge on any atom is 0.119 e. The molecular formula is C18H23NO. The molecule has 0 aliphatic rings. The predicted molar refractivity (Wildman–Crippen MR) is 84.0 cm³/mol. The third-order valence-corrected chi connectivity index (χ3v) is 3.27. The summed E-state index contributed by atoms with van der Waals surface area (Å²) in [5, 5.41) is 3.15. The van der Waals surface area contributed by atoms with Crippen LogP contribution in [0.2, 0.25) is 0 Å². The molecule has 2 aromatic rings. The molecule has 0 atom stereocenters. The highest BCUT2D eigenvalue weighted by atomic mass is 16.5. The van der Waals surface area contributed by atoms with E-state index in [1.165, 1.54) is 23.1 Å². The molecule has 106 valence electrons. The molecule has 2 nitrogen and oxygen atoms in total. The molecular weight excluding hydrogens is 246 g/mol. The molecule has 0 unspecified atom stereocenters. The third-order valence-electron chi connectivity index (χ3n) is 3.27. The molecule has 0 saturated carbocycles. The Labute approximate surface area is 121 Å². The van der Waals surface area contributed by atoms with Gasteiger partial charge in [-0.15, -0.1) is 0 Å². The molecule has 0 fully saturated rings. The molecule has 2 heteroatoms. The van der Waals surface area contributed by atoms with Gasteiger partial charge >= 0.3 is 0 Å². The van der Waals surface area contributed by atoms with Crippen molar-refractivity contribution >= 4 is 0 Å². The van der Waals surface area contributed by atoms with Crippen molar-refractivity contribution < 1.29 is 4.74 Å². The van der Waals surface area contributed by atoms with Gasteiger partial charge in [0.15, 0.2) is 0 Å². The quantitative estimate of drug-likeness (QED) is 0.822. The van der Waals surface area contributed by atoms with Gasteiger partial charge in [0.1, 0.15) is 12.4 Å². The van der Waals surface area contributed by atoms with Crippen LogP contribution in [0.4, 0.5) is 0 Å². The Morgan fingerprint density at radius 1 is 0.850 bits per heavy atom. The number of rotatable bonds is 7. The van der Waals surface area contributed by atoms with E-state index in [2.05, 4.69) is 60.8 Å². The minimum atomic E-state index is 0.618. The molecule has 20 heavy (non-hydrogen) atoms. The van der Waals surface area contributed by atoms with Crippen molar-refractivity contribution in [2.24, 2.45) is 0 Å². The maximum absolute atomic E-state index is 5.81. The number of ether oxygens (including phenoxy) is 1. The van der Waals surface area contributed by atoms with Crippen LogP contribution in [0.15, 0.2) is 48.5 Å². The van der Waals surface area contributed by atoms with Crippen molar-refractivity contribution in [3.8, 4) is 5.75 Å². The van der Waals surface area contributed by atoms with Crippen molar-refractivity contribution in [3.63, 3.8) is 0 Å². The predicted octanol–water partition coefficient (Wildman–Crippen LogP) is 3.94. The largest absolute Gasteiger partial charge is 0.489 e. The van der Waals surface area contributed by atoms with E-state index >= 15 is 0 Å². The maximum atomic E-state index is 5.81. The van der Waals surface area contributed by atoms with E-state index in [1.807, 2.05) is 7.05 Å². The molecule has 0 spiro atoms. The molecule has 0 aromatic heterocycles. The van der Waals surface area contributed by atoms with Gasteiger partial charge in [-0.1, -0.05) is 49.7 Å². The van der Waals surface area contributed by atoms with E-state index < -0.39 is 0 Å². The average molecular weight is 269 g/mol. The van der Waals surface area contributed by atoms with Crippen LogP contribution >= 0.6 is 0 Å². The minimum Gasteiger partial charge on any atom is -0.489 e. The Bertz CT molecular complexity index is 452. The summed E-state index contributed by atoms with van der Waals surface area (Å²) < 4.78 is 5.81. The van der Waals surface area contributed by atoms with Crippen LogP contribution in [-0.2, 0) is 19.6 Å². The van der Waals surface area contributed by atoms with Gasteiger partial charge in [-0.05, 0) is 42.3 Å². The van der Waals surface area contributed by atoms with Gasteiger partial charge in [-0.2, -0.15) is 0 Å². The summed E-state index contributed by atoms with van der Waals surface area (Å²) in [6, 6.07) is 16.9. The highest BCUT2D eigenvalue weighted by molar-refractivity contribution is 5.28. The summed E-state index contributed by atoms with van der Waals surface area (Å²) in [5.41, 5.74) is 3.86. The van der Waals surface area contributed by atoms with Gasteiger partial charge in [0, 0.05) is 6.54 Å². The van der Waals surface area contributed by atoms with Crippen LogP contribution in [0.1, 0.15) is 30.0 Å². The van der Waals surface area contributed by atoms with Gasteiger partial charge in [0.2, 0.25) is 0 Å². The van der Waals surface area contributed by atoms with Crippen molar-refractivity contribution in [2.45, 2.75) is 32.9 Å². The Hall–Kier alpha value is -1.80. The smallest absolute Gasteiger partial charge is 0.119 e. The number of hydrogen-bond donors (Lipinski definition) is 1. The van der Waals surface area contributed by atoms with Gasteiger partial charge in [-0.3, -0.25) is 0 Å². The van der Waals surface area contributed by atoms with Gasteiger partial charge < -0.3 is 10.1 Å². The Balaban J connectivity index is 1.87. The van der Waals surface area contributed by atoms with Gasteiger partial charge in [-0.25, -0.2) is 0 Å². The Kier molecular flexibility index (Phi) is 5.63. The molecule has 0 aliphatic carbocycles. The molecule has 0 radical (unpaired) electrons. The number of nitrogens with one attached hydrogen (secondary N) is 1. The van der Waals surface area contributed by atoms with Crippen LogP contribution in [0.3, 0.4) is 0 Å². The first-order valence-electron chi connectivity index (χ1n) is 7.26. The summed E-state index contributed by atoms with van der Waals surface area (Å²) >= 11 is 0. The molecule has 0 aliphatic heterocycles. The van der Waals surface area contributed by atoms with Gasteiger partial charge in [0.05, 0.1) is 0 Å². The fraction of sp³-hybridized carbons (Fsp3) is 0.333. The SMILES string of the molecule is CCCc1ccc(OCc2ccc(CNC)cc2)cc1. The average Bonchev–Trinajstić information content (AvgIpc) is 2.49. The summed E-state index contributed by atoms with van der Waals surface area (Å²) in [4.78, 5) is 0. The summed E-state index contributed by atoms with van der Waals surface area (Å²) in [5.74, 6) is 0.934. The summed E-state index contributed by atoms with van der Waals surface area (Å²) in [6.45, 7) is 3.72. The molecule has 0 bridgehead atoms. The van der Waals surface area contributed by atoms with Crippen LogP contribution < -0.4 is 10.1 Å². The van der Waals surface area contributed by atoms with E-state index in [0.717, 1.165) is 18.7 Å². The lowest BCUT2D eigenvalue weighted by Gasteiger charge is -2.08. The Morgan fingerprint density at radius 2 is 1.45 bits per heavy atom. The lowest BCUT2D eigenvalue weighted by molar-refractivity contribution is 0.306. The highest BCUT2D eigenvalue weighted by Crippen LogP contribution is 2.15. The topological polar surface area (TPSA) is 21.3 Å². The van der Waals surface area contributed by atoms with Crippen LogP contribution in [0, 0.1) is 0 Å². The van der Waals surface area contributed by atoms with Crippen LogP contribution in [0.25, 0.3) is 0 Å². The summed E-state index contributed by atoms with van der Waals surface area (Å²) in [7, 11) is 1.96. The monoisotopic (exact) mass is 269 g/mol. The van der Waals surface area contributed by atoms with Crippen molar-refractivity contribution in [3.05, 3.63) is 65.2 Å². The second kappa shape index (κ2) is 7.71. The van der Waals surface area contributed by atoms with E-state index in [9.17, 15) is 0 Å². The van der Waals surface area contributed by atoms with Crippen LogP contribution in [0.5, 0.6) is 5.75 Å². The normalized spacial score (nSPS) is 10.5. The lowest BCUT2D eigenvalue weighted by Crippen LogP contribution is -2.05. The van der Waals surface area contributed by atoms with Crippen molar-refractivity contribution in [2.75, 3.05) is 7.05 Å². The third kappa shape index (κ3) is 4.39. The second-order valence-electron chi connectivity index (χ2n) is 5.03. The molecule has 2 rings (SSSR count). The van der Waals surface area contributed by atoms with Crippen molar-refractivity contribution in [1.29, 1.82) is 0 Å². The number of aryl methyl sites for hydroxylation is 1. The molecule has 1 N–H and O–H groups in total. The fourth-order valence-electron chi connectivity index (χ4n) is 2.17. The fourth-order valence-corrected chi connectivity index (χ4v) is 2.17. The number of hydrogen-bond acceptors (Lipinski definition) is 2. The lowest BCUT2D eigenvalue weighted by atomic mass is 10.1. The zero-order valence-corrected chi connectivity index (χ0v) is 12.4.